The smallest absolute Gasteiger partial charge is 0.387 e. The van der Waals surface area contributed by atoms with E-state index in [1.54, 1.807) is 17.0 Å². The Balaban J connectivity index is 1.43. The van der Waals surface area contributed by atoms with Gasteiger partial charge in [-0.15, -0.1) is 0 Å². The molecule has 2 aliphatic rings. The number of rotatable bonds is 9. The molecule has 1 aliphatic heterocycles. The summed E-state index contributed by atoms with van der Waals surface area (Å²) in [6.07, 6.45) is 3.69. The van der Waals surface area contributed by atoms with Crippen molar-refractivity contribution >= 4 is 17.6 Å². The van der Waals surface area contributed by atoms with E-state index < -0.39 is 12.6 Å². The molecular weight excluding hydrogens is 436 g/mol. The minimum atomic E-state index is -2.95. The Kier molecular flexibility index (Phi) is 6.90. The summed E-state index contributed by atoms with van der Waals surface area (Å²) in [5.74, 6) is -0.834. The number of carbonyl (C=O) groups is 2. The number of ether oxygens (including phenoxy) is 2. The molecule has 10 heteroatoms. The molecule has 33 heavy (non-hydrogen) atoms. The number of nitrogens with zero attached hydrogens (tertiary/aromatic N) is 2. The summed E-state index contributed by atoms with van der Waals surface area (Å²) < 4.78 is 35.8. The predicted octanol–water partition coefficient (Wildman–Crippen LogP) is 3.89. The van der Waals surface area contributed by atoms with Crippen LogP contribution in [0.4, 0.5) is 14.5 Å². The highest BCUT2D eigenvalue weighted by Gasteiger charge is 2.27. The fraction of sp³-hybridized carbons (Fsp3) is 0.435. The van der Waals surface area contributed by atoms with Crippen LogP contribution < -0.4 is 14.8 Å². The first-order valence-electron chi connectivity index (χ1n) is 10.9. The summed E-state index contributed by atoms with van der Waals surface area (Å²) in [7, 11) is 0. The van der Waals surface area contributed by atoms with Crippen molar-refractivity contribution in [2.45, 2.75) is 38.3 Å². The lowest BCUT2D eigenvalue weighted by Gasteiger charge is -2.33. The summed E-state index contributed by atoms with van der Waals surface area (Å²) >= 11 is 0. The lowest BCUT2D eigenvalue weighted by atomic mass is 10.0. The Morgan fingerprint density at radius 1 is 1.15 bits per heavy atom. The molecule has 0 radical (unpaired) electrons. The van der Waals surface area contributed by atoms with Crippen molar-refractivity contribution in [3.8, 4) is 11.5 Å². The standard InChI is InChI=1S/C23H25F2N3O5/c24-23(25)33-19-9-8-15(11-20(19)32-13-14-6-7-14)26-16-3-2-10-28(12-16)21(29)17-4-1-5-18(27-17)22(30)31/h1,4-5,8-9,11,14,16,23,26H,2-3,6-7,10,12-13H2,(H,30,31). The minimum Gasteiger partial charge on any atom is -0.489 e. The fourth-order valence-corrected chi connectivity index (χ4v) is 3.75. The molecule has 4 rings (SSSR count). The average Bonchev–Trinajstić information content (AvgIpc) is 3.63. The molecular formula is C23H25F2N3O5. The van der Waals surface area contributed by atoms with E-state index in [9.17, 15) is 18.4 Å². The van der Waals surface area contributed by atoms with Crippen LogP contribution >= 0.6 is 0 Å². The third-order valence-electron chi connectivity index (χ3n) is 5.60. The molecule has 1 saturated carbocycles. The van der Waals surface area contributed by atoms with Crippen LogP contribution in [0.5, 0.6) is 11.5 Å². The van der Waals surface area contributed by atoms with Crippen LogP contribution in [-0.4, -0.2) is 59.2 Å². The van der Waals surface area contributed by atoms with Crippen LogP contribution in [0.25, 0.3) is 0 Å². The Bertz CT molecular complexity index is 1020. The first-order chi connectivity index (χ1) is 15.9. The van der Waals surface area contributed by atoms with Gasteiger partial charge in [0.15, 0.2) is 11.5 Å². The molecule has 1 saturated heterocycles. The van der Waals surface area contributed by atoms with Gasteiger partial charge < -0.3 is 24.8 Å². The Morgan fingerprint density at radius 3 is 2.67 bits per heavy atom. The number of aromatic nitrogens is 1. The second-order valence-corrected chi connectivity index (χ2v) is 8.24. The van der Waals surface area contributed by atoms with Crippen molar-refractivity contribution in [2.75, 3.05) is 25.0 Å². The van der Waals surface area contributed by atoms with E-state index in [0.29, 0.717) is 31.3 Å². The van der Waals surface area contributed by atoms with Crippen LogP contribution in [-0.2, 0) is 0 Å². The van der Waals surface area contributed by atoms with Gasteiger partial charge >= 0.3 is 12.6 Å². The zero-order valence-electron chi connectivity index (χ0n) is 17.9. The molecule has 0 spiro atoms. The number of amides is 1. The maximum absolute atomic E-state index is 12.9. The highest BCUT2D eigenvalue weighted by atomic mass is 19.3. The number of piperidine rings is 1. The van der Waals surface area contributed by atoms with Crippen molar-refractivity contribution in [3.05, 3.63) is 47.8 Å². The number of carbonyl (C=O) groups excluding carboxylic acids is 1. The van der Waals surface area contributed by atoms with Gasteiger partial charge in [0.25, 0.3) is 5.91 Å². The largest absolute Gasteiger partial charge is 0.489 e. The lowest BCUT2D eigenvalue weighted by molar-refractivity contribution is -0.0515. The van der Waals surface area contributed by atoms with E-state index in [0.717, 1.165) is 25.7 Å². The Morgan fingerprint density at radius 2 is 1.94 bits per heavy atom. The summed E-state index contributed by atoms with van der Waals surface area (Å²) in [4.78, 5) is 29.6. The quantitative estimate of drug-likeness (QED) is 0.584. The van der Waals surface area contributed by atoms with Crippen LogP contribution in [0.3, 0.4) is 0 Å². The second kappa shape index (κ2) is 10.0. The van der Waals surface area contributed by atoms with E-state index in [4.69, 9.17) is 9.84 Å². The summed E-state index contributed by atoms with van der Waals surface area (Å²) in [6, 6.07) is 8.97. The number of anilines is 1. The molecule has 1 aromatic heterocycles. The molecule has 176 valence electrons. The third-order valence-corrected chi connectivity index (χ3v) is 5.60. The van der Waals surface area contributed by atoms with Gasteiger partial charge in [-0.2, -0.15) is 8.78 Å². The topological polar surface area (TPSA) is 101 Å². The number of hydrogen-bond donors (Lipinski definition) is 2. The van der Waals surface area contributed by atoms with Gasteiger partial charge in [0.05, 0.1) is 6.61 Å². The second-order valence-electron chi connectivity index (χ2n) is 8.24. The number of carboxylic acid groups (broad SMARTS) is 1. The van der Waals surface area contributed by atoms with Gasteiger partial charge in [-0.25, -0.2) is 9.78 Å². The number of halogens is 2. The molecule has 8 nitrogen and oxygen atoms in total. The normalized spacial score (nSPS) is 18.2. The number of hydrogen-bond acceptors (Lipinski definition) is 6. The van der Waals surface area contributed by atoms with E-state index in [1.165, 1.54) is 24.3 Å². The van der Waals surface area contributed by atoms with Gasteiger partial charge in [-0.05, 0) is 55.9 Å². The Hall–Kier alpha value is -3.43. The molecule has 1 atom stereocenters. The predicted molar refractivity (Wildman–Crippen MR) is 115 cm³/mol. The summed E-state index contributed by atoms with van der Waals surface area (Å²) in [6.45, 7) is -1.56. The van der Waals surface area contributed by atoms with Crippen molar-refractivity contribution in [2.24, 2.45) is 5.92 Å². The number of carboxylic acids is 1. The third kappa shape index (κ3) is 6.09. The Labute approximate surface area is 189 Å². The van der Waals surface area contributed by atoms with Crippen LogP contribution in [0.15, 0.2) is 36.4 Å². The molecule has 0 bridgehead atoms. The van der Waals surface area contributed by atoms with E-state index in [-0.39, 0.29) is 34.8 Å². The SMILES string of the molecule is O=C(O)c1cccc(C(=O)N2CCCC(Nc3ccc(OC(F)F)c(OCC4CC4)c3)C2)n1. The monoisotopic (exact) mass is 461 g/mol. The summed E-state index contributed by atoms with van der Waals surface area (Å²) in [5.41, 5.74) is 0.574. The molecule has 2 fully saturated rings. The van der Waals surface area contributed by atoms with E-state index >= 15 is 0 Å². The van der Waals surface area contributed by atoms with Crippen LogP contribution in [0.2, 0.25) is 0 Å². The van der Waals surface area contributed by atoms with Gasteiger partial charge in [-0.3, -0.25) is 4.79 Å². The lowest BCUT2D eigenvalue weighted by Crippen LogP contribution is -2.45. The maximum atomic E-state index is 12.9. The van der Waals surface area contributed by atoms with Gasteiger partial charge in [0, 0.05) is 30.9 Å². The van der Waals surface area contributed by atoms with Crippen molar-refractivity contribution in [3.63, 3.8) is 0 Å². The first-order valence-corrected chi connectivity index (χ1v) is 10.9. The molecule has 1 aliphatic carbocycles. The number of benzene rings is 1. The maximum Gasteiger partial charge on any atom is 0.387 e. The van der Waals surface area contributed by atoms with Gasteiger partial charge in [-0.1, -0.05) is 6.07 Å². The molecule has 2 aromatic rings. The van der Waals surface area contributed by atoms with Crippen LogP contribution in [0.1, 0.15) is 46.7 Å². The molecule has 2 heterocycles. The highest BCUT2D eigenvalue weighted by molar-refractivity contribution is 5.94. The number of pyridine rings is 1. The fourth-order valence-electron chi connectivity index (χ4n) is 3.75. The number of likely N-dealkylation sites (tertiary alicyclic amines) is 1. The van der Waals surface area contributed by atoms with E-state index in [1.807, 2.05) is 0 Å². The van der Waals surface area contributed by atoms with Crippen LogP contribution in [0, 0.1) is 5.92 Å². The first kappa shape index (κ1) is 22.8. The van der Waals surface area contributed by atoms with E-state index in [2.05, 4.69) is 15.0 Å². The molecule has 1 amide bonds. The zero-order valence-corrected chi connectivity index (χ0v) is 17.9. The molecule has 1 unspecified atom stereocenters. The van der Waals surface area contributed by atoms with Crippen molar-refractivity contribution in [1.29, 1.82) is 0 Å². The number of aromatic carboxylic acids is 1. The van der Waals surface area contributed by atoms with Gasteiger partial charge in [0.1, 0.15) is 11.4 Å². The zero-order chi connectivity index (χ0) is 23.4. The van der Waals surface area contributed by atoms with Crippen molar-refractivity contribution < 1.29 is 33.0 Å². The number of nitrogens with one attached hydrogen (secondary N) is 1. The van der Waals surface area contributed by atoms with Gasteiger partial charge in [0.2, 0.25) is 0 Å². The van der Waals surface area contributed by atoms with Crippen molar-refractivity contribution in [1.82, 2.24) is 9.88 Å². The molecule has 1 aromatic carbocycles. The molecule has 2 N–H and O–H groups in total. The highest BCUT2D eigenvalue weighted by Crippen LogP contribution is 2.35. The minimum absolute atomic E-state index is 0.0129. The number of alkyl halides is 2. The summed E-state index contributed by atoms with van der Waals surface area (Å²) in [5, 5.41) is 12.5. The average molecular weight is 461 g/mol.